The van der Waals surface area contributed by atoms with Gasteiger partial charge in [-0.05, 0) is 33.5 Å². The second kappa shape index (κ2) is 7.75. The second-order valence-corrected chi connectivity index (χ2v) is 5.51. The molecule has 2 unspecified atom stereocenters. The van der Waals surface area contributed by atoms with Crippen LogP contribution in [0.3, 0.4) is 0 Å². The van der Waals surface area contributed by atoms with Crippen molar-refractivity contribution in [2.45, 2.75) is 37.8 Å². The number of likely N-dealkylation sites (tertiary alicyclic amines) is 1. The minimum absolute atomic E-state index is 0.447. The molecule has 0 radical (unpaired) electrons. The molecule has 1 rings (SSSR count). The Bertz CT molecular complexity index is 188. The van der Waals surface area contributed by atoms with Crippen molar-refractivity contribution in [3.63, 3.8) is 0 Å². The van der Waals surface area contributed by atoms with Gasteiger partial charge in [0.05, 0.1) is 0 Å². The van der Waals surface area contributed by atoms with Crippen LogP contribution in [0.1, 0.15) is 25.7 Å². The van der Waals surface area contributed by atoms with Crippen molar-refractivity contribution < 1.29 is 0 Å². The third-order valence-corrected chi connectivity index (χ3v) is 4.04. The van der Waals surface area contributed by atoms with E-state index in [-0.39, 0.29) is 0 Å². The van der Waals surface area contributed by atoms with Crippen LogP contribution in [0.5, 0.6) is 0 Å². The molecule has 1 aliphatic rings. The Hall–Kier alpha value is 0.500. The van der Waals surface area contributed by atoms with Gasteiger partial charge in [0.25, 0.3) is 0 Å². The first-order valence-electron chi connectivity index (χ1n) is 6.23. The molecular weight excluding hydrogens is 243 g/mol. The molecule has 0 amide bonds. The van der Waals surface area contributed by atoms with Gasteiger partial charge in [-0.25, -0.2) is 0 Å². The average Bonchev–Trinajstić information content (AvgIpc) is 2.46. The first-order valence-corrected chi connectivity index (χ1v) is 7.30. The molecule has 0 N–H and O–H groups in total. The first-order chi connectivity index (χ1) is 7.70. The van der Waals surface area contributed by atoms with Gasteiger partial charge in [0.2, 0.25) is 0 Å². The Labute approximate surface area is 110 Å². The Balaban J connectivity index is 2.68. The molecule has 96 valence electrons. The highest BCUT2D eigenvalue weighted by molar-refractivity contribution is 6.18. The molecule has 1 heterocycles. The normalized spacial score (nSPS) is 25.7. The molecule has 0 bridgehead atoms. The molecule has 0 aromatic carbocycles. The highest BCUT2D eigenvalue weighted by Gasteiger charge is 2.29. The zero-order chi connectivity index (χ0) is 12.0. The van der Waals surface area contributed by atoms with E-state index in [1.165, 1.54) is 32.2 Å². The highest BCUT2D eigenvalue weighted by Crippen LogP contribution is 2.22. The van der Waals surface area contributed by atoms with Crippen LogP contribution in [-0.4, -0.2) is 60.8 Å². The molecule has 2 nitrogen and oxygen atoms in total. The second-order valence-electron chi connectivity index (χ2n) is 4.83. The molecule has 16 heavy (non-hydrogen) atoms. The van der Waals surface area contributed by atoms with E-state index in [4.69, 9.17) is 23.2 Å². The average molecular weight is 267 g/mol. The Morgan fingerprint density at radius 1 is 1.25 bits per heavy atom. The van der Waals surface area contributed by atoms with Gasteiger partial charge in [0, 0.05) is 30.4 Å². The maximum absolute atomic E-state index is 6.11. The lowest BCUT2D eigenvalue weighted by atomic mass is 10.0. The van der Waals surface area contributed by atoms with E-state index in [1.54, 1.807) is 0 Å². The molecule has 0 aliphatic carbocycles. The summed E-state index contributed by atoms with van der Waals surface area (Å²) in [5.74, 6) is 1.43. The summed E-state index contributed by atoms with van der Waals surface area (Å²) >= 11 is 12.0. The topological polar surface area (TPSA) is 6.48 Å². The van der Waals surface area contributed by atoms with Gasteiger partial charge in [-0.15, -0.1) is 23.2 Å². The summed E-state index contributed by atoms with van der Waals surface area (Å²) in [5.41, 5.74) is 0. The van der Waals surface area contributed by atoms with Crippen LogP contribution >= 0.6 is 23.2 Å². The quantitative estimate of drug-likeness (QED) is 0.707. The number of hydrogen-bond acceptors (Lipinski definition) is 2. The van der Waals surface area contributed by atoms with E-state index in [1.807, 2.05) is 0 Å². The van der Waals surface area contributed by atoms with E-state index in [9.17, 15) is 0 Å². The minimum atomic E-state index is 0.447. The summed E-state index contributed by atoms with van der Waals surface area (Å²) in [6.07, 6.45) is 5.23. The predicted octanol–water partition coefficient (Wildman–Crippen LogP) is 2.64. The van der Waals surface area contributed by atoms with Crippen LogP contribution in [0, 0.1) is 0 Å². The van der Waals surface area contributed by atoms with Crippen LogP contribution < -0.4 is 0 Å². The minimum Gasteiger partial charge on any atom is -0.304 e. The first kappa shape index (κ1) is 14.6. The van der Waals surface area contributed by atoms with Gasteiger partial charge in [-0.3, -0.25) is 4.90 Å². The van der Waals surface area contributed by atoms with E-state index < -0.39 is 0 Å². The van der Waals surface area contributed by atoms with Gasteiger partial charge < -0.3 is 4.90 Å². The van der Waals surface area contributed by atoms with Crippen molar-refractivity contribution in [3.05, 3.63) is 0 Å². The fourth-order valence-electron chi connectivity index (χ4n) is 2.60. The van der Waals surface area contributed by atoms with Crippen molar-refractivity contribution in [1.29, 1.82) is 0 Å². The fraction of sp³-hybridized carbons (Fsp3) is 1.00. The van der Waals surface area contributed by atoms with Crippen molar-refractivity contribution in [2.75, 3.05) is 38.9 Å². The third-order valence-electron chi connectivity index (χ3n) is 3.55. The molecule has 1 aliphatic heterocycles. The lowest BCUT2D eigenvalue weighted by Crippen LogP contribution is -2.50. The Kier molecular flexibility index (Phi) is 7.06. The summed E-state index contributed by atoms with van der Waals surface area (Å²) in [5, 5.41) is 0. The fourth-order valence-corrected chi connectivity index (χ4v) is 3.30. The lowest BCUT2D eigenvalue weighted by Gasteiger charge is -2.38. The zero-order valence-corrected chi connectivity index (χ0v) is 12.0. The van der Waals surface area contributed by atoms with Crippen molar-refractivity contribution in [1.82, 2.24) is 9.80 Å². The highest BCUT2D eigenvalue weighted by atomic mass is 35.5. The lowest BCUT2D eigenvalue weighted by molar-refractivity contribution is 0.125. The predicted molar refractivity (Wildman–Crippen MR) is 72.7 cm³/mol. The van der Waals surface area contributed by atoms with Crippen LogP contribution in [0.25, 0.3) is 0 Å². The smallest absolute Gasteiger partial charge is 0.0394 e. The largest absolute Gasteiger partial charge is 0.304 e. The number of alkyl halides is 2. The van der Waals surface area contributed by atoms with Gasteiger partial charge in [-0.2, -0.15) is 0 Å². The number of rotatable bonds is 5. The van der Waals surface area contributed by atoms with Crippen LogP contribution in [0.2, 0.25) is 0 Å². The molecule has 1 fully saturated rings. The third kappa shape index (κ3) is 4.06. The maximum Gasteiger partial charge on any atom is 0.0394 e. The standard InChI is InChI=1S/C12H24Cl2N2/c1-15(2)12(10-14)11-6-4-3-5-8-16(11)9-7-13/h11-12H,3-10H2,1-2H3. The zero-order valence-electron chi connectivity index (χ0n) is 10.5. The van der Waals surface area contributed by atoms with E-state index >= 15 is 0 Å². The molecular formula is C12H24Cl2N2. The molecule has 0 saturated carbocycles. The van der Waals surface area contributed by atoms with Crippen LogP contribution in [0.4, 0.5) is 0 Å². The molecule has 2 atom stereocenters. The van der Waals surface area contributed by atoms with Gasteiger partial charge in [0.1, 0.15) is 0 Å². The maximum atomic E-state index is 6.11. The summed E-state index contributed by atoms with van der Waals surface area (Å²) in [6.45, 7) is 2.17. The van der Waals surface area contributed by atoms with Crippen molar-refractivity contribution in [3.8, 4) is 0 Å². The van der Waals surface area contributed by atoms with E-state index in [2.05, 4.69) is 23.9 Å². The monoisotopic (exact) mass is 266 g/mol. The molecule has 0 aromatic rings. The van der Waals surface area contributed by atoms with Crippen molar-refractivity contribution in [2.24, 2.45) is 0 Å². The summed E-state index contributed by atoms with van der Waals surface area (Å²) in [6, 6.07) is 1.02. The number of halogens is 2. The summed E-state index contributed by atoms with van der Waals surface area (Å²) in [4.78, 5) is 4.79. The molecule has 4 heteroatoms. The van der Waals surface area contributed by atoms with E-state index in [0.717, 1.165) is 12.4 Å². The summed E-state index contributed by atoms with van der Waals surface area (Å²) < 4.78 is 0. The number of nitrogens with zero attached hydrogens (tertiary/aromatic N) is 2. The van der Waals surface area contributed by atoms with Crippen LogP contribution in [0.15, 0.2) is 0 Å². The molecule has 0 spiro atoms. The van der Waals surface area contributed by atoms with Gasteiger partial charge >= 0.3 is 0 Å². The van der Waals surface area contributed by atoms with E-state index in [0.29, 0.717) is 18.0 Å². The van der Waals surface area contributed by atoms with Gasteiger partial charge in [-0.1, -0.05) is 12.8 Å². The Morgan fingerprint density at radius 2 is 2.00 bits per heavy atom. The van der Waals surface area contributed by atoms with Crippen LogP contribution in [-0.2, 0) is 0 Å². The molecule has 1 saturated heterocycles. The van der Waals surface area contributed by atoms with Gasteiger partial charge in [0.15, 0.2) is 0 Å². The Morgan fingerprint density at radius 3 is 2.56 bits per heavy atom. The van der Waals surface area contributed by atoms with Crippen molar-refractivity contribution >= 4 is 23.2 Å². The SMILES string of the molecule is CN(C)C(CCl)C1CCCCCN1CCCl. The summed E-state index contributed by atoms with van der Waals surface area (Å²) in [7, 11) is 4.24. The number of hydrogen-bond donors (Lipinski definition) is 0. The number of likely N-dealkylation sites (N-methyl/N-ethyl adjacent to an activating group) is 1. The molecule has 0 aromatic heterocycles.